The molecule has 0 amide bonds. The Balaban J connectivity index is 1.15. The lowest BCUT2D eigenvalue weighted by Crippen LogP contribution is -1.99. The van der Waals surface area contributed by atoms with Gasteiger partial charge >= 0.3 is 0 Å². The summed E-state index contributed by atoms with van der Waals surface area (Å²) in [7, 11) is 0. The predicted molar refractivity (Wildman–Crippen MR) is 146 cm³/mol. The highest BCUT2D eigenvalue weighted by molar-refractivity contribution is 7.99. The van der Waals surface area contributed by atoms with E-state index in [0.717, 1.165) is 54.1 Å². The molecule has 8 heteroatoms. The Hall–Kier alpha value is -3.75. The Morgan fingerprint density at radius 2 is 1.81 bits per heavy atom. The maximum absolute atomic E-state index is 4.81. The first-order valence-corrected chi connectivity index (χ1v) is 13.6. The average molecular weight is 507 g/mol. The normalized spacial score (nSPS) is 13.5. The molecule has 1 aliphatic carbocycles. The second-order valence-electron chi connectivity index (χ2n) is 9.08. The molecular formula is C28H22N6S2. The van der Waals surface area contributed by atoms with Gasteiger partial charge in [0.25, 0.3) is 0 Å². The molecule has 1 aliphatic rings. The fraction of sp³-hybridized carbons (Fsp3) is 0.143. The van der Waals surface area contributed by atoms with Crippen molar-refractivity contribution in [3.63, 3.8) is 0 Å². The van der Waals surface area contributed by atoms with Crippen LogP contribution < -0.4 is 5.32 Å². The van der Waals surface area contributed by atoms with Crippen molar-refractivity contribution in [2.45, 2.75) is 35.6 Å². The minimum absolute atomic E-state index is 0.609. The van der Waals surface area contributed by atoms with Gasteiger partial charge in [-0.05, 0) is 67.1 Å². The van der Waals surface area contributed by atoms with Crippen LogP contribution in [0.1, 0.15) is 30.0 Å². The molecule has 0 saturated heterocycles. The fourth-order valence-corrected chi connectivity index (χ4v) is 6.10. The summed E-state index contributed by atoms with van der Waals surface area (Å²) in [6, 6.07) is 23.0. The molecule has 0 atom stereocenters. The molecule has 4 heterocycles. The highest BCUT2D eigenvalue weighted by Gasteiger charge is 2.27. The summed E-state index contributed by atoms with van der Waals surface area (Å²) in [4.78, 5) is 6.76. The van der Waals surface area contributed by atoms with Crippen molar-refractivity contribution in [2.24, 2.45) is 0 Å². The number of aryl methyl sites for hydroxylation is 1. The Kier molecular flexibility index (Phi) is 5.22. The van der Waals surface area contributed by atoms with E-state index in [2.05, 4.69) is 81.3 Å². The van der Waals surface area contributed by atoms with E-state index in [-0.39, 0.29) is 0 Å². The minimum atomic E-state index is 0.609. The van der Waals surface area contributed by atoms with Crippen LogP contribution in [-0.2, 0) is 0 Å². The summed E-state index contributed by atoms with van der Waals surface area (Å²) < 4.78 is 1.96. The van der Waals surface area contributed by atoms with E-state index in [0.29, 0.717) is 5.92 Å². The molecule has 176 valence electrons. The van der Waals surface area contributed by atoms with Gasteiger partial charge in [-0.3, -0.25) is 0 Å². The number of rotatable bonds is 6. The first-order valence-electron chi connectivity index (χ1n) is 11.9. The number of nitrogens with one attached hydrogen (secondary N) is 1. The third-order valence-corrected chi connectivity index (χ3v) is 8.41. The van der Waals surface area contributed by atoms with E-state index < -0.39 is 0 Å². The molecule has 1 fully saturated rings. The molecule has 0 bridgehead atoms. The van der Waals surface area contributed by atoms with Crippen LogP contribution in [-0.4, -0.2) is 24.8 Å². The van der Waals surface area contributed by atoms with Crippen LogP contribution in [0.5, 0.6) is 0 Å². The fourth-order valence-electron chi connectivity index (χ4n) is 4.34. The third-order valence-electron chi connectivity index (χ3n) is 6.33. The third kappa shape index (κ3) is 4.02. The lowest BCUT2D eigenvalue weighted by atomic mass is 10.1. The molecule has 1 saturated carbocycles. The summed E-state index contributed by atoms with van der Waals surface area (Å²) in [5, 5.41) is 22.8. The maximum Gasteiger partial charge on any atom is 0.161 e. The monoisotopic (exact) mass is 506 g/mol. The van der Waals surface area contributed by atoms with Crippen molar-refractivity contribution in [1.29, 1.82) is 0 Å². The summed E-state index contributed by atoms with van der Waals surface area (Å²) >= 11 is 3.39. The topological polar surface area (TPSA) is 68.0 Å². The molecule has 0 spiro atoms. The van der Waals surface area contributed by atoms with Crippen molar-refractivity contribution >= 4 is 51.0 Å². The number of anilines is 2. The van der Waals surface area contributed by atoms with E-state index >= 15 is 0 Å². The van der Waals surface area contributed by atoms with Crippen LogP contribution in [0.3, 0.4) is 0 Å². The molecule has 0 unspecified atom stereocenters. The molecule has 1 N–H and O–H groups in total. The summed E-state index contributed by atoms with van der Waals surface area (Å²) in [6.45, 7) is 2.10. The van der Waals surface area contributed by atoms with Crippen LogP contribution in [0.4, 0.5) is 11.5 Å². The zero-order valence-electron chi connectivity index (χ0n) is 19.5. The van der Waals surface area contributed by atoms with Crippen LogP contribution in [0.25, 0.3) is 27.0 Å². The number of fused-ring (bicyclic) bond motifs is 2. The highest BCUT2D eigenvalue weighted by Crippen LogP contribution is 2.40. The highest BCUT2D eigenvalue weighted by atomic mass is 32.2. The summed E-state index contributed by atoms with van der Waals surface area (Å²) in [5.41, 5.74) is 5.20. The number of nitrogens with zero attached hydrogens (tertiary/aromatic N) is 5. The quantitative estimate of drug-likeness (QED) is 0.236. The Morgan fingerprint density at radius 3 is 2.58 bits per heavy atom. The number of hydrogen-bond acceptors (Lipinski definition) is 7. The smallest absolute Gasteiger partial charge is 0.161 e. The molecular weight excluding hydrogens is 484 g/mol. The summed E-state index contributed by atoms with van der Waals surface area (Å²) in [6.07, 6.45) is 4.32. The first-order chi connectivity index (χ1) is 17.7. The average Bonchev–Trinajstić information content (AvgIpc) is 3.52. The minimum Gasteiger partial charge on any atom is -0.338 e. The molecule has 0 radical (unpaired) electrons. The van der Waals surface area contributed by atoms with Crippen LogP contribution in [0, 0.1) is 6.92 Å². The van der Waals surface area contributed by atoms with Gasteiger partial charge in [-0.2, -0.15) is 5.10 Å². The SMILES string of the molecule is Cc1csc(-c2nnc(Nc3ccc(Sc4ccnc5cc(C6CC6)nn45)cc3)c3ccccc23)c1. The van der Waals surface area contributed by atoms with E-state index in [1.807, 2.05) is 28.9 Å². The van der Waals surface area contributed by atoms with E-state index in [1.165, 1.54) is 18.4 Å². The number of benzene rings is 2. The van der Waals surface area contributed by atoms with Gasteiger partial charge in [-0.25, -0.2) is 9.50 Å². The van der Waals surface area contributed by atoms with Crippen molar-refractivity contribution in [3.8, 4) is 10.6 Å². The van der Waals surface area contributed by atoms with Crippen molar-refractivity contribution in [1.82, 2.24) is 24.8 Å². The Bertz CT molecular complexity index is 1720. The largest absolute Gasteiger partial charge is 0.338 e. The van der Waals surface area contributed by atoms with Gasteiger partial charge < -0.3 is 5.32 Å². The Labute approximate surface area is 216 Å². The molecule has 7 rings (SSSR count). The van der Waals surface area contributed by atoms with Crippen molar-refractivity contribution in [2.75, 3.05) is 5.32 Å². The zero-order chi connectivity index (χ0) is 24.1. The van der Waals surface area contributed by atoms with Crippen molar-refractivity contribution < 1.29 is 0 Å². The van der Waals surface area contributed by atoms with Gasteiger partial charge in [-0.1, -0.05) is 36.0 Å². The number of aromatic nitrogens is 5. The van der Waals surface area contributed by atoms with E-state index in [1.54, 1.807) is 23.1 Å². The van der Waals surface area contributed by atoms with Gasteiger partial charge in [0.05, 0.1) is 10.6 Å². The second-order valence-corrected chi connectivity index (χ2v) is 11.1. The lowest BCUT2D eigenvalue weighted by molar-refractivity contribution is 0.810. The van der Waals surface area contributed by atoms with Crippen molar-refractivity contribution in [3.05, 3.63) is 89.6 Å². The van der Waals surface area contributed by atoms with Crippen LogP contribution in [0.2, 0.25) is 0 Å². The van der Waals surface area contributed by atoms with E-state index in [9.17, 15) is 0 Å². The lowest BCUT2D eigenvalue weighted by Gasteiger charge is -2.11. The second kappa shape index (κ2) is 8.72. The van der Waals surface area contributed by atoms with Crippen LogP contribution >= 0.6 is 23.1 Å². The molecule has 36 heavy (non-hydrogen) atoms. The first kappa shape index (κ1) is 21.5. The van der Waals surface area contributed by atoms with Gasteiger partial charge in [0.1, 0.15) is 10.7 Å². The standard InChI is InChI=1S/C28H22N6S2/c1-17-14-24(35-16-17)27-21-4-2-3-5-22(21)28(32-31-27)30-19-8-10-20(11-9-19)36-26-12-13-29-25-15-23(18-6-7-18)33-34(25)26/h2-5,8-16,18H,6-7H2,1H3,(H,30,32). The van der Waals surface area contributed by atoms with Gasteiger partial charge in [0, 0.05) is 39.5 Å². The molecule has 6 aromatic rings. The molecule has 4 aromatic heterocycles. The maximum atomic E-state index is 4.81. The Morgan fingerprint density at radius 1 is 0.972 bits per heavy atom. The van der Waals surface area contributed by atoms with Gasteiger partial charge in [-0.15, -0.1) is 21.5 Å². The predicted octanol–water partition coefficient (Wildman–Crippen LogP) is 7.48. The van der Waals surface area contributed by atoms with Gasteiger partial charge in [0.15, 0.2) is 11.5 Å². The van der Waals surface area contributed by atoms with E-state index in [4.69, 9.17) is 5.10 Å². The zero-order valence-corrected chi connectivity index (χ0v) is 21.2. The number of thiophene rings is 1. The molecule has 6 nitrogen and oxygen atoms in total. The van der Waals surface area contributed by atoms with Gasteiger partial charge in [0.2, 0.25) is 0 Å². The molecule has 0 aliphatic heterocycles. The summed E-state index contributed by atoms with van der Waals surface area (Å²) in [5.74, 6) is 1.36. The molecule has 2 aromatic carbocycles. The number of hydrogen-bond donors (Lipinski definition) is 1. The van der Waals surface area contributed by atoms with Crippen LogP contribution in [0.15, 0.2) is 88.2 Å².